The van der Waals surface area contributed by atoms with Crippen LogP contribution in [-0.4, -0.2) is 44.5 Å². The van der Waals surface area contributed by atoms with Gasteiger partial charge in [-0.05, 0) is 31.5 Å². The Balaban J connectivity index is 2.10. The van der Waals surface area contributed by atoms with Gasteiger partial charge in [0.15, 0.2) is 9.84 Å². The van der Waals surface area contributed by atoms with E-state index in [0.29, 0.717) is 24.5 Å². The maximum absolute atomic E-state index is 11.7. The second-order valence-corrected chi connectivity index (χ2v) is 7.98. The van der Waals surface area contributed by atoms with Crippen molar-refractivity contribution in [1.82, 2.24) is 10.3 Å². The third-order valence-electron chi connectivity index (χ3n) is 3.50. The zero-order valence-electron chi connectivity index (χ0n) is 12.3. The molecule has 2 heterocycles. The van der Waals surface area contributed by atoms with E-state index < -0.39 is 9.84 Å². The quantitative estimate of drug-likeness (QED) is 0.834. The molecule has 0 amide bonds. The summed E-state index contributed by atoms with van der Waals surface area (Å²) >= 11 is 6.17. The first kappa shape index (κ1) is 16.5. The molecule has 0 radical (unpaired) electrons. The van der Waals surface area contributed by atoms with Gasteiger partial charge < -0.3 is 10.2 Å². The molecule has 118 valence electrons. The summed E-state index contributed by atoms with van der Waals surface area (Å²) in [6.07, 6.45) is 1.71. The Bertz CT molecular complexity index is 578. The minimum atomic E-state index is -2.90. The Morgan fingerprint density at radius 2 is 2.14 bits per heavy atom. The highest BCUT2D eigenvalue weighted by atomic mass is 35.5. The molecular formula is C14H22ClN3O2S. The van der Waals surface area contributed by atoms with Crippen LogP contribution in [-0.2, 0) is 16.4 Å². The number of rotatable bonds is 5. The van der Waals surface area contributed by atoms with Crippen LogP contribution in [0.1, 0.15) is 25.5 Å². The summed E-state index contributed by atoms with van der Waals surface area (Å²) in [5.41, 5.74) is 0.815. The lowest BCUT2D eigenvalue weighted by molar-refractivity contribution is 0.597. The molecular weight excluding hydrogens is 310 g/mol. The molecule has 0 spiro atoms. The molecule has 0 unspecified atom stereocenters. The van der Waals surface area contributed by atoms with E-state index in [9.17, 15) is 8.42 Å². The molecule has 5 nitrogen and oxygen atoms in total. The number of pyridine rings is 1. The van der Waals surface area contributed by atoms with Crippen molar-refractivity contribution in [3.8, 4) is 0 Å². The summed E-state index contributed by atoms with van der Waals surface area (Å²) in [6, 6.07) is 3.70. The first-order valence-corrected chi connectivity index (χ1v) is 9.53. The van der Waals surface area contributed by atoms with E-state index in [1.165, 1.54) is 0 Å². The van der Waals surface area contributed by atoms with Crippen LogP contribution < -0.4 is 10.2 Å². The van der Waals surface area contributed by atoms with Crippen molar-refractivity contribution in [3.63, 3.8) is 0 Å². The van der Waals surface area contributed by atoms with Crippen LogP contribution in [0.5, 0.6) is 0 Å². The maximum Gasteiger partial charge on any atom is 0.152 e. The van der Waals surface area contributed by atoms with Crippen LogP contribution in [0.25, 0.3) is 0 Å². The predicted molar refractivity (Wildman–Crippen MR) is 86.7 cm³/mol. The van der Waals surface area contributed by atoms with Gasteiger partial charge in [0, 0.05) is 19.6 Å². The number of hydrogen-bond acceptors (Lipinski definition) is 5. The van der Waals surface area contributed by atoms with Gasteiger partial charge in [-0.3, -0.25) is 0 Å². The number of nitrogens with zero attached hydrogens (tertiary/aromatic N) is 2. The second kappa shape index (κ2) is 7.42. The molecule has 1 aromatic rings. The normalized spacial score (nSPS) is 18.5. The van der Waals surface area contributed by atoms with E-state index in [1.807, 2.05) is 17.0 Å². The Hall–Kier alpha value is -0.850. The largest absolute Gasteiger partial charge is 0.356 e. The number of aromatic nitrogens is 1. The molecule has 0 saturated carbocycles. The molecule has 0 aliphatic carbocycles. The number of halogens is 1. The number of nitrogens with one attached hydrogen (secondary N) is 1. The smallest absolute Gasteiger partial charge is 0.152 e. The highest BCUT2D eigenvalue weighted by Crippen LogP contribution is 2.21. The predicted octanol–water partition coefficient (Wildman–Crippen LogP) is 1.86. The Morgan fingerprint density at radius 1 is 1.33 bits per heavy atom. The molecule has 7 heteroatoms. The zero-order valence-corrected chi connectivity index (χ0v) is 13.9. The summed E-state index contributed by atoms with van der Waals surface area (Å²) in [5.74, 6) is 1.27. The monoisotopic (exact) mass is 331 g/mol. The van der Waals surface area contributed by atoms with E-state index in [1.54, 1.807) is 0 Å². The molecule has 1 saturated heterocycles. The highest BCUT2D eigenvalue weighted by Gasteiger charge is 2.20. The van der Waals surface area contributed by atoms with E-state index in [4.69, 9.17) is 11.6 Å². The molecule has 1 N–H and O–H groups in total. The first-order chi connectivity index (χ1) is 10.0. The van der Waals surface area contributed by atoms with Crippen LogP contribution in [0.3, 0.4) is 0 Å². The number of hydrogen-bond donors (Lipinski definition) is 1. The molecule has 2 rings (SSSR count). The van der Waals surface area contributed by atoms with E-state index in [-0.39, 0.29) is 11.5 Å². The van der Waals surface area contributed by atoms with Gasteiger partial charge >= 0.3 is 0 Å². The first-order valence-electron chi connectivity index (χ1n) is 7.33. The van der Waals surface area contributed by atoms with Gasteiger partial charge in [0.1, 0.15) is 5.82 Å². The van der Waals surface area contributed by atoms with Gasteiger partial charge in [0.05, 0.1) is 22.2 Å². The highest BCUT2D eigenvalue weighted by molar-refractivity contribution is 7.91. The van der Waals surface area contributed by atoms with Gasteiger partial charge in [-0.2, -0.15) is 0 Å². The van der Waals surface area contributed by atoms with E-state index in [2.05, 4.69) is 17.2 Å². The van der Waals surface area contributed by atoms with Crippen molar-refractivity contribution in [3.05, 3.63) is 22.8 Å². The Kier molecular flexibility index (Phi) is 5.84. The molecule has 1 aliphatic rings. The van der Waals surface area contributed by atoms with E-state index >= 15 is 0 Å². The van der Waals surface area contributed by atoms with Crippen LogP contribution >= 0.6 is 11.6 Å². The van der Waals surface area contributed by atoms with Crippen molar-refractivity contribution in [2.24, 2.45) is 0 Å². The third-order valence-corrected chi connectivity index (χ3v) is 5.56. The fourth-order valence-corrected chi connectivity index (χ4v) is 3.77. The van der Waals surface area contributed by atoms with Crippen molar-refractivity contribution >= 4 is 27.3 Å². The minimum absolute atomic E-state index is 0.195. The summed E-state index contributed by atoms with van der Waals surface area (Å²) in [4.78, 5) is 6.63. The fourth-order valence-electron chi connectivity index (χ4n) is 2.32. The second-order valence-electron chi connectivity index (χ2n) is 5.27. The van der Waals surface area contributed by atoms with Crippen LogP contribution in [0.2, 0.25) is 5.02 Å². The van der Waals surface area contributed by atoms with Gasteiger partial charge in [0.25, 0.3) is 0 Å². The average Bonchev–Trinajstić information content (AvgIpc) is 2.62. The summed E-state index contributed by atoms with van der Waals surface area (Å²) < 4.78 is 23.3. The van der Waals surface area contributed by atoms with Crippen molar-refractivity contribution in [2.45, 2.75) is 26.3 Å². The zero-order chi connectivity index (χ0) is 15.3. The molecule has 0 atom stereocenters. The molecule has 1 aromatic heterocycles. The molecule has 21 heavy (non-hydrogen) atoms. The van der Waals surface area contributed by atoms with Crippen molar-refractivity contribution < 1.29 is 8.42 Å². The molecule has 0 aromatic carbocycles. The maximum atomic E-state index is 11.7. The van der Waals surface area contributed by atoms with Gasteiger partial charge in [-0.1, -0.05) is 18.5 Å². The average molecular weight is 332 g/mol. The molecule has 1 fully saturated rings. The molecule has 0 bridgehead atoms. The lowest BCUT2D eigenvalue weighted by Crippen LogP contribution is -2.28. The SMILES string of the molecule is CCCNCc1nc(N2CCCS(=O)(=O)CC2)ccc1Cl. The van der Waals surface area contributed by atoms with Gasteiger partial charge in [-0.15, -0.1) is 0 Å². The number of sulfone groups is 1. The summed E-state index contributed by atoms with van der Waals surface area (Å²) in [7, 11) is -2.90. The summed E-state index contributed by atoms with van der Waals surface area (Å²) in [5, 5.41) is 3.93. The standard InChI is InChI=1S/C14H22ClN3O2S/c1-2-6-16-11-13-12(15)4-5-14(17-13)18-7-3-9-21(19,20)10-8-18/h4-5,16H,2-3,6-11H2,1H3. The Labute approximate surface area is 131 Å². The summed E-state index contributed by atoms with van der Waals surface area (Å²) in [6.45, 7) is 4.88. The van der Waals surface area contributed by atoms with Crippen LogP contribution in [0, 0.1) is 0 Å². The number of anilines is 1. The lowest BCUT2D eigenvalue weighted by atomic mass is 10.3. The van der Waals surface area contributed by atoms with Gasteiger partial charge in [-0.25, -0.2) is 13.4 Å². The lowest BCUT2D eigenvalue weighted by Gasteiger charge is -2.21. The van der Waals surface area contributed by atoms with E-state index in [0.717, 1.165) is 31.0 Å². The van der Waals surface area contributed by atoms with Crippen LogP contribution in [0.15, 0.2) is 12.1 Å². The minimum Gasteiger partial charge on any atom is -0.356 e. The third kappa shape index (κ3) is 4.83. The Morgan fingerprint density at radius 3 is 2.90 bits per heavy atom. The topological polar surface area (TPSA) is 62.3 Å². The van der Waals surface area contributed by atoms with Gasteiger partial charge in [0.2, 0.25) is 0 Å². The fraction of sp³-hybridized carbons (Fsp3) is 0.643. The van der Waals surface area contributed by atoms with Crippen molar-refractivity contribution in [2.75, 3.05) is 36.0 Å². The van der Waals surface area contributed by atoms with Crippen molar-refractivity contribution in [1.29, 1.82) is 0 Å². The molecule has 1 aliphatic heterocycles. The van der Waals surface area contributed by atoms with Crippen LogP contribution in [0.4, 0.5) is 5.82 Å².